The van der Waals surface area contributed by atoms with Crippen molar-refractivity contribution in [2.24, 2.45) is 16.2 Å². The summed E-state index contributed by atoms with van der Waals surface area (Å²) in [5.41, 5.74) is 0.581. The Labute approximate surface area is 195 Å². The first-order chi connectivity index (χ1) is 15.8. The first-order valence-electron chi connectivity index (χ1n) is 12.1. The van der Waals surface area contributed by atoms with E-state index < -0.39 is 16.1 Å². The number of hydrogen-bond acceptors (Lipinski definition) is 5. The first-order valence-corrected chi connectivity index (χ1v) is 13.6. The standard InChI is InChI=1S/C24H32N4O4S/c1-17-6-4-12-27(16-17)23(29)18-10-14-26(15-11-18)24(30)20-8-5-13-28(20)22-19-7-2-3-9-21(19)33(31,32)25-22/h2-3,7,9,17-18,20H,4-6,8,10-16H2,1H3/t17?,20-/m0/s1. The van der Waals surface area contributed by atoms with Crippen LogP contribution in [-0.4, -0.2) is 79.5 Å². The summed E-state index contributed by atoms with van der Waals surface area (Å²) in [6.45, 7) is 5.66. The number of nitrogens with zero attached hydrogens (tertiary/aromatic N) is 4. The van der Waals surface area contributed by atoms with Gasteiger partial charge in [0.05, 0.1) is 0 Å². The van der Waals surface area contributed by atoms with Gasteiger partial charge < -0.3 is 14.7 Å². The van der Waals surface area contributed by atoms with Crippen molar-refractivity contribution >= 4 is 27.7 Å². The van der Waals surface area contributed by atoms with Crippen LogP contribution in [0.2, 0.25) is 0 Å². The Morgan fingerprint density at radius 1 is 0.909 bits per heavy atom. The predicted octanol–water partition coefficient (Wildman–Crippen LogP) is 2.10. The van der Waals surface area contributed by atoms with E-state index in [4.69, 9.17) is 0 Å². The number of rotatable bonds is 2. The number of piperidine rings is 2. The summed E-state index contributed by atoms with van der Waals surface area (Å²) in [6.07, 6.45) is 5.15. The van der Waals surface area contributed by atoms with Gasteiger partial charge in [-0.15, -0.1) is 4.40 Å². The van der Waals surface area contributed by atoms with Crippen molar-refractivity contribution < 1.29 is 18.0 Å². The average Bonchev–Trinajstić information content (AvgIpc) is 3.41. The highest BCUT2D eigenvalue weighted by atomic mass is 32.2. The number of carbonyl (C=O) groups is 2. The maximum atomic E-state index is 13.4. The van der Waals surface area contributed by atoms with Crippen LogP contribution in [0, 0.1) is 11.8 Å². The zero-order valence-corrected chi connectivity index (χ0v) is 20.0. The van der Waals surface area contributed by atoms with Crippen molar-refractivity contribution in [3.05, 3.63) is 29.8 Å². The Morgan fingerprint density at radius 3 is 2.39 bits per heavy atom. The second-order valence-corrected chi connectivity index (χ2v) is 11.4. The van der Waals surface area contributed by atoms with E-state index in [9.17, 15) is 18.0 Å². The van der Waals surface area contributed by atoms with Crippen LogP contribution in [0.4, 0.5) is 0 Å². The molecule has 3 fully saturated rings. The van der Waals surface area contributed by atoms with E-state index in [-0.39, 0.29) is 22.6 Å². The zero-order chi connectivity index (χ0) is 23.2. The second kappa shape index (κ2) is 8.74. The Bertz CT molecular complexity index is 1080. The van der Waals surface area contributed by atoms with E-state index in [2.05, 4.69) is 11.3 Å². The van der Waals surface area contributed by atoms with Gasteiger partial charge in [-0.1, -0.05) is 19.1 Å². The third-order valence-corrected chi connectivity index (χ3v) is 8.87. The molecule has 3 saturated heterocycles. The molecule has 0 saturated carbocycles. The molecule has 0 radical (unpaired) electrons. The van der Waals surface area contributed by atoms with Gasteiger partial charge in [0.25, 0.3) is 10.0 Å². The molecule has 0 N–H and O–H groups in total. The Balaban J connectivity index is 1.25. The number of sulfonamides is 1. The van der Waals surface area contributed by atoms with Gasteiger partial charge in [0.2, 0.25) is 11.8 Å². The number of benzene rings is 1. The lowest BCUT2D eigenvalue weighted by molar-refractivity contribution is -0.143. The second-order valence-electron chi connectivity index (χ2n) is 9.87. The van der Waals surface area contributed by atoms with Crippen molar-refractivity contribution in [3.8, 4) is 0 Å². The van der Waals surface area contributed by atoms with Crippen molar-refractivity contribution in [2.45, 2.75) is 56.4 Å². The van der Waals surface area contributed by atoms with Crippen LogP contribution < -0.4 is 0 Å². The minimum atomic E-state index is -3.72. The molecule has 1 aromatic carbocycles. The predicted molar refractivity (Wildman–Crippen MR) is 124 cm³/mol. The zero-order valence-electron chi connectivity index (χ0n) is 19.1. The SMILES string of the molecule is CC1CCCN(C(=O)C2CCN(C(=O)[C@@H]3CCCN3C3=NS(=O)(=O)c4ccccc43)CC2)C1. The van der Waals surface area contributed by atoms with Gasteiger partial charge >= 0.3 is 0 Å². The summed E-state index contributed by atoms with van der Waals surface area (Å²) in [4.78, 5) is 32.4. The molecule has 2 atom stereocenters. The van der Waals surface area contributed by atoms with Crippen LogP contribution in [0.5, 0.6) is 0 Å². The van der Waals surface area contributed by atoms with Crippen LogP contribution in [0.1, 0.15) is 51.0 Å². The fourth-order valence-corrected chi connectivity index (χ4v) is 6.99. The van der Waals surface area contributed by atoms with Crippen molar-refractivity contribution in [1.29, 1.82) is 0 Å². The lowest BCUT2D eigenvalue weighted by Gasteiger charge is -2.38. The normalized spacial score (nSPS) is 27.4. The topological polar surface area (TPSA) is 90.4 Å². The largest absolute Gasteiger partial charge is 0.343 e. The highest BCUT2D eigenvalue weighted by molar-refractivity contribution is 7.90. The molecular formula is C24H32N4O4S. The molecule has 8 nitrogen and oxygen atoms in total. The molecule has 9 heteroatoms. The molecule has 1 unspecified atom stereocenters. The van der Waals surface area contributed by atoms with Crippen molar-refractivity contribution in [3.63, 3.8) is 0 Å². The van der Waals surface area contributed by atoms with Gasteiger partial charge in [-0.25, -0.2) is 0 Å². The van der Waals surface area contributed by atoms with E-state index >= 15 is 0 Å². The van der Waals surface area contributed by atoms with Crippen LogP contribution in [0.15, 0.2) is 33.6 Å². The number of carbonyl (C=O) groups excluding carboxylic acids is 2. The third-order valence-electron chi connectivity index (χ3n) is 7.55. The molecule has 0 bridgehead atoms. The average molecular weight is 473 g/mol. The monoisotopic (exact) mass is 472 g/mol. The van der Waals surface area contributed by atoms with Crippen molar-refractivity contribution in [1.82, 2.24) is 14.7 Å². The molecule has 33 heavy (non-hydrogen) atoms. The van der Waals surface area contributed by atoms with E-state index in [0.29, 0.717) is 56.2 Å². The van der Waals surface area contributed by atoms with Gasteiger partial charge in [-0.3, -0.25) is 9.59 Å². The molecule has 1 aromatic rings. The van der Waals surface area contributed by atoms with Gasteiger partial charge in [0.15, 0.2) is 5.84 Å². The number of likely N-dealkylation sites (tertiary alicyclic amines) is 3. The molecule has 0 aromatic heterocycles. The van der Waals surface area contributed by atoms with E-state index in [1.807, 2.05) is 14.7 Å². The Kier molecular flexibility index (Phi) is 5.93. The van der Waals surface area contributed by atoms with Gasteiger partial charge in [-0.05, 0) is 56.6 Å². The first kappa shape index (κ1) is 22.4. The van der Waals surface area contributed by atoms with Crippen LogP contribution >= 0.6 is 0 Å². The highest BCUT2D eigenvalue weighted by Crippen LogP contribution is 2.32. The molecule has 4 aliphatic rings. The molecule has 2 amide bonds. The minimum Gasteiger partial charge on any atom is -0.343 e. The summed E-state index contributed by atoms with van der Waals surface area (Å²) in [5.74, 6) is 1.22. The summed E-state index contributed by atoms with van der Waals surface area (Å²) in [5, 5.41) is 0. The van der Waals surface area contributed by atoms with E-state index in [1.54, 1.807) is 24.3 Å². The quantitative estimate of drug-likeness (QED) is 0.658. The third kappa shape index (κ3) is 4.16. The maximum Gasteiger partial charge on any atom is 0.285 e. The summed E-state index contributed by atoms with van der Waals surface area (Å²) >= 11 is 0. The fourth-order valence-electron chi connectivity index (χ4n) is 5.78. The summed E-state index contributed by atoms with van der Waals surface area (Å²) < 4.78 is 29.0. The highest BCUT2D eigenvalue weighted by Gasteiger charge is 2.41. The Morgan fingerprint density at radius 2 is 1.64 bits per heavy atom. The molecule has 0 aliphatic carbocycles. The van der Waals surface area contributed by atoms with Gasteiger partial charge in [0.1, 0.15) is 10.9 Å². The fraction of sp³-hybridized carbons (Fsp3) is 0.625. The van der Waals surface area contributed by atoms with Gasteiger partial charge in [-0.2, -0.15) is 8.42 Å². The molecular weight excluding hydrogens is 440 g/mol. The van der Waals surface area contributed by atoms with E-state index in [0.717, 1.165) is 25.9 Å². The molecule has 5 rings (SSSR count). The summed E-state index contributed by atoms with van der Waals surface area (Å²) in [6, 6.07) is 6.42. The Hall–Kier alpha value is -2.42. The molecule has 4 heterocycles. The van der Waals surface area contributed by atoms with Crippen LogP contribution in [-0.2, 0) is 19.6 Å². The maximum absolute atomic E-state index is 13.4. The smallest absolute Gasteiger partial charge is 0.285 e. The summed E-state index contributed by atoms with van der Waals surface area (Å²) in [7, 11) is -3.72. The molecule has 178 valence electrons. The van der Waals surface area contributed by atoms with Crippen LogP contribution in [0.25, 0.3) is 0 Å². The lowest BCUT2D eigenvalue weighted by atomic mass is 9.92. The van der Waals surface area contributed by atoms with E-state index in [1.165, 1.54) is 6.42 Å². The van der Waals surface area contributed by atoms with Crippen molar-refractivity contribution in [2.75, 3.05) is 32.7 Å². The lowest BCUT2D eigenvalue weighted by Crippen LogP contribution is -2.51. The minimum absolute atomic E-state index is 0.00439. The number of hydrogen-bond donors (Lipinski definition) is 0. The number of fused-ring (bicyclic) bond motifs is 1. The molecule has 0 spiro atoms. The molecule has 4 aliphatic heterocycles. The van der Waals surface area contributed by atoms with Crippen LogP contribution in [0.3, 0.4) is 0 Å². The van der Waals surface area contributed by atoms with Gasteiger partial charge in [0, 0.05) is 44.2 Å². The number of amidine groups is 1. The number of amides is 2.